The molecule has 1 fully saturated rings. The Hall–Kier alpha value is -0.910. The maximum Gasteiger partial charge on any atom is 0.241 e. The van der Waals surface area contributed by atoms with Gasteiger partial charge in [0.2, 0.25) is 10.0 Å². The molecule has 0 aliphatic carbocycles. The first-order valence-corrected chi connectivity index (χ1v) is 7.28. The summed E-state index contributed by atoms with van der Waals surface area (Å²) in [4.78, 5) is 0.384. The summed E-state index contributed by atoms with van der Waals surface area (Å²) in [5.74, 6) is 0. The van der Waals surface area contributed by atoms with Crippen LogP contribution in [0.5, 0.6) is 0 Å². The third-order valence-electron chi connectivity index (χ3n) is 3.00. The average Bonchev–Trinajstić information content (AvgIpc) is 2.68. The van der Waals surface area contributed by atoms with Gasteiger partial charge in [0, 0.05) is 12.6 Å². The second-order valence-electron chi connectivity index (χ2n) is 4.58. The summed E-state index contributed by atoms with van der Waals surface area (Å²) >= 11 is 0. The van der Waals surface area contributed by atoms with Crippen LogP contribution in [0.1, 0.15) is 17.5 Å². The molecule has 2 rings (SSSR count). The quantitative estimate of drug-likeness (QED) is 0.844. The van der Waals surface area contributed by atoms with Crippen molar-refractivity contribution in [3.8, 4) is 0 Å². The number of aryl methyl sites for hydroxylation is 2. The minimum absolute atomic E-state index is 0.0145. The molecule has 0 spiro atoms. The van der Waals surface area contributed by atoms with Gasteiger partial charge < -0.3 is 5.32 Å². The fourth-order valence-corrected chi connectivity index (χ4v) is 3.64. The van der Waals surface area contributed by atoms with E-state index in [4.69, 9.17) is 0 Å². The number of nitrogens with one attached hydrogen (secondary N) is 2. The number of hydrogen-bond acceptors (Lipinski definition) is 3. The summed E-state index contributed by atoms with van der Waals surface area (Å²) in [6.45, 7) is 5.37. The first kappa shape index (κ1) is 12.5. The fourth-order valence-electron chi connectivity index (χ4n) is 2.14. The lowest BCUT2D eigenvalue weighted by Crippen LogP contribution is -2.36. The molecule has 0 radical (unpaired) electrons. The van der Waals surface area contributed by atoms with Crippen molar-refractivity contribution in [1.29, 1.82) is 0 Å². The van der Waals surface area contributed by atoms with Gasteiger partial charge in [-0.05, 0) is 38.4 Å². The minimum atomic E-state index is -3.38. The average molecular weight is 254 g/mol. The van der Waals surface area contributed by atoms with Crippen molar-refractivity contribution >= 4 is 10.0 Å². The van der Waals surface area contributed by atoms with Gasteiger partial charge in [-0.25, -0.2) is 13.1 Å². The molecule has 0 amide bonds. The zero-order valence-corrected chi connectivity index (χ0v) is 11.0. The Bertz CT molecular complexity index is 505. The largest absolute Gasteiger partial charge is 0.315 e. The molecule has 1 aliphatic heterocycles. The molecule has 1 saturated heterocycles. The summed E-state index contributed by atoms with van der Waals surface area (Å²) in [7, 11) is -3.38. The van der Waals surface area contributed by atoms with Crippen molar-refractivity contribution in [2.75, 3.05) is 13.1 Å². The highest BCUT2D eigenvalue weighted by atomic mass is 32.2. The van der Waals surface area contributed by atoms with Crippen LogP contribution in [0, 0.1) is 13.8 Å². The zero-order chi connectivity index (χ0) is 12.5. The topological polar surface area (TPSA) is 58.2 Å². The van der Waals surface area contributed by atoms with E-state index >= 15 is 0 Å². The third kappa shape index (κ3) is 2.86. The summed E-state index contributed by atoms with van der Waals surface area (Å²) in [5.41, 5.74) is 1.87. The molecule has 1 atom stereocenters. The van der Waals surface area contributed by atoms with Gasteiger partial charge >= 0.3 is 0 Å². The minimum Gasteiger partial charge on any atom is -0.315 e. The molecule has 94 valence electrons. The van der Waals surface area contributed by atoms with Crippen LogP contribution in [0.3, 0.4) is 0 Å². The lowest BCUT2D eigenvalue weighted by molar-refractivity contribution is 0.559. The zero-order valence-electron chi connectivity index (χ0n) is 10.2. The normalized spacial score (nSPS) is 20.7. The van der Waals surface area contributed by atoms with E-state index in [-0.39, 0.29) is 6.04 Å². The number of hydrogen-bond donors (Lipinski definition) is 2. The summed E-state index contributed by atoms with van der Waals surface area (Å²) in [6.07, 6.45) is 0.851. The SMILES string of the molecule is Cc1ccc(S(=O)(=O)N[C@H]2CCNC2)c(C)c1. The fraction of sp³-hybridized carbons (Fsp3) is 0.500. The Kier molecular flexibility index (Phi) is 3.51. The molecule has 17 heavy (non-hydrogen) atoms. The smallest absolute Gasteiger partial charge is 0.241 e. The molecule has 1 aromatic carbocycles. The molecule has 0 unspecified atom stereocenters. The predicted molar refractivity (Wildman–Crippen MR) is 67.5 cm³/mol. The maximum atomic E-state index is 12.2. The van der Waals surface area contributed by atoms with Crippen LogP contribution >= 0.6 is 0 Å². The Labute approximate surface area is 102 Å². The van der Waals surface area contributed by atoms with Crippen LogP contribution in [0.2, 0.25) is 0 Å². The standard InChI is InChI=1S/C12H18N2O2S/c1-9-3-4-12(10(2)7-9)17(15,16)14-11-5-6-13-8-11/h3-4,7,11,13-14H,5-6,8H2,1-2H3/t11-/m0/s1. The van der Waals surface area contributed by atoms with E-state index in [1.807, 2.05) is 26.0 Å². The van der Waals surface area contributed by atoms with Gasteiger partial charge in [-0.3, -0.25) is 0 Å². The third-order valence-corrected chi connectivity index (χ3v) is 4.68. The molecule has 0 bridgehead atoms. The van der Waals surface area contributed by atoms with E-state index in [1.54, 1.807) is 6.07 Å². The number of benzene rings is 1. The van der Waals surface area contributed by atoms with Gasteiger partial charge in [0.1, 0.15) is 0 Å². The summed E-state index contributed by atoms with van der Waals surface area (Å²) < 4.78 is 27.1. The van der Waals surface area contributed by atoms with Crippen LogP contribution in [-0.2, 0) is 10.0 Å². The Morgan fingerprint density at radius 3 is 2.71 bits per heavy atom. The van der Waals surface area contributed by atoms with E-state index in [9.17, 15) is 8.42 Å². The van der Waals surface area contributed by atoms with Crippen LogP contribution in [0.4, 0.5) is 0 Å². The van der Waals surface area contributed by atoms with E-state index < -0.39 is 10.0 Å². The van der Waals surface area contributed by atoms with Crippen molar-refractivity contribution in [2.45, 2.75) is 31.2 Å². The predicted octanol–water partition coefficient (Wildman–Crippen LogP) is 0.944. The van der Waals surface area contributed by atoms with Gasteiger partial charge in [-0.15, -0.1) is 0 Å². The lowest BCUT2D eigenvalue weighted by atomic mass is 10.2. The molecule has 1 aliphatic rings. The molecule has 0 saturated carbocycles. The second kappa shape index (κ2) is 4.76. The second-order valence-corrected chi connectivity index (χ2v) is 6.26. The summed E-state index contributed by atoms with van der Waals surface area (Å²) in [5, 5.41) is 3.14. The van der Waals surface area contributed by atoms with Crippen molar-refractivity contribution in [3.63, 3.8) is 0 Å². The van der Waals surface area contributed by atoms with Crippen LogP contribution in [0.25, 0.3) is 0 Å². The van der Waals surface area contributed by atoms with Crippen LogP contribution in [0.15, 0.2) is 23.1 Å². The molecule has 1 aromatic rings. The lowest BCUT2D eigenvalue weighted by Gasteiger charge is -2.13. The van der Waals surface area contributed by atoms with Gasteiger partial charge in [-0.2, -0.15) is 0 Å². The molecule has 1 heterocycles. The molecular weight excluding hydrogens is 236 g/mol. The van der Waals surface area contributed by atoms with Gasteiger partial charge in [-0.1, -0.05) is 17.7 Å². The van der Waals surface area contributed by atoms with E-state index in [1.165, 1.54) is 0 Å². The van der Waals surface area contributed by atoms with Crippen molar-refractivity contribution in [2.24, 2.45) is 0 Å². The molecular formula is C12H18N2O2S. The number of rotatable bonds is 3. The van der Waals surface area contributed by atoms with Gasteiger partial charge in [0.15, 0.2) is 0 Å². The van der Waals surface area contributed by atoms with Crippen molar-refractivity contribution in [3.05, 3.63) is 29.3 Å². The van der Waals surface area contributed by atoms with Crippen LogP contribution in [-0.4, -0.2) is 27.5 Å². The van der Waals surface area contributed by atoms with Crippen molar-refractivity contribution < 1.29 is 8.42 Å². The van der Waals surface area contributed by atoms with E-state index in [0.29, 0.717) is 11.4 Å². The van der Waals surface area contributed by atoms with Gasteiger partial charge in [0.25, 0.3) is 0 Å². The van der Waals surface area contributed by atoms with Crippen LogP contribution < -0.4 is 10.0 Å². The molecule has 4 nitrogen and oxygen atoms in total. The summed E-state index contributed by atoms with van der Waals surface area (Å²) in [6, 6.07) is 5.41. The van der Waals surface area contributed by atoms with Crippen molar-refractivity contribution in [1.82, 2.24) is 10.0 Å². The van der Waals surface area contributed by atoms with Gasteiger partial charge in [0.05, 0.1) is 4.90 Å². The monoisotopic (exact) mass is 254 g/mol. The first-order valence-electron chi connectivity index (χ1n) is 5.79. The highest BCUT2D eigenvalue weighted by molar-refractivity contribution is 7.89. The number of sulfonamides is 1. The molecule has 0 aromatic heterocycles. The Morgan fingerprint density at radius 2 is 2.12 bits per heavy atom. The Morgan fingerprint density at radius 1 is 1.35 bits per heavy atom. The highest BCUT2D eigenvalue weighted by Gasteiger charge is 2.23. The molecule has 2 N–H and O–H groups in total. The first-order chi connectivity index (χ1) is 7.99. The van der Waals surface area contributed by atoms with E-state index in [2.05, 4.69) is 10.0 Å². The molecule has 5 heteroatoms. The Balaban J connectivity index is 2.24. The highest BCUT2D eigenvalue weighted by Crippen LogP contribution is 2.17. The van der Waals surface area contributed by atoms with E-state index in [0.717, 1.165) is 24.1 Å². The maximum absolute atomic E-state index is 12.2.